The molecule has 0 fully saturated rings. The highest BCUT2D eigenvalue weighted by atomic mass is 19.1. The number of ether oxygens (including phenoxy) is 7. The van der Waals surface area contributed by atoms with Crippen LogP contribution in [0.1, 0.15) is 101 Å². The van der Waals surface area contributed by atoms with E-state index in [1.165, 1.54) is 30.3 Å². The Balaban J connectivity index is 0.000000149. The summed E-state index contributed by atoms with van der Waals surface area (Å²) in [6, 6.07) is 106. The van der Waals surface area contributed by atoms with Gasteiger partial charge in [0.15, 0.2) is 5.69 Å². The van der Waals surface area contributed by atoms with E-state index in [2.05, 4.69) is 72.7 Å². The molecule has 12 aromatic carbocycles. The summed E-state index contributed by atoms with van der Waals surface area (Å²) in [6.07, 6.45) is 19.2. The zero-order valence-corrected chi connectivity index (χ0v) is 79.7. The van der Waals surface area contributed by atoms with Crippen LogP contribution in [0.15, 0.2) is 438 Å². The van der Waals surface area contributed by atoms with Gasteiger partial charge < -0.3 is 65.1 Å². The number of halogens is 2. The maximum Gasteiger partial charge on any atom is 0.269 e. The predicted molar refractivity (Wildman–Crippen MR) is 561 cm³/mol. The summed E-state index contributed by atoms with van der Waals surface area (Å²) in [7, 11) is 1.63. The standard InChI is InChI=1S/2C20H15N3O2.C20H18N2O3.2C19H15FN2O2.C19H15N3O4/c1-21-18-10-4-2-7-15(18)14-25-19-11-5-3-9-17(19)20(24)23-16-8-6-12-22-13-16;21-12-15-5-3-6-16(11-15)14-25-19-9-2-1-8-18(19)20(24)23-17-7-4-10-22-13-17;1-24-17-10-8-15(9-11-17)14-25-19-7-3-2-6-18(19)20(23)22-16-5-4-12-21-13-16;20-17-9-3-1-6-14(17)13-24-18-10-4-2-8-16(18)19(23)22-15-7-5-11-21-12-15;20-15-6-3-5-14(11-15)13-24-18-9-2-1-8-17(18)19(23)22-16-7-4-10-21-12-16;23-19(21-15-6-4-10-20-12-15)17-8-1-2-9-18(17)26-13-14-5-3-7-16(11-14)22(24)25/h2-13H,14H2,(H,23,24);1-11,13H,14H2,(H,23,24);2-13H,14H2,1H3,(H,22,23);2*1-12H,13H2,(H,22,23);1-12H,13H2,(H,21,23). The maximum atomic E-state index is 13.7. The summed E-state index contributed by atoms with van der Waals surface area (Å²) in [5.74, 6) is 1.10. The van der Waals surface area contributed by atoms with Gasteiger partial charge in [0.1, 0.15) is 91.5 Å². The van der Waals surface area contributed by atoms with E-state index in [1.54, 1.807) is 354 Å². The third-order valence-corrected chi connectivity index (χ3v) is 20.9. The Hall–Kier alpha value is -20.8. The number of carbonyl (C=O) groups excluding carboxylic acids is 6. The summed E-state index contributed by atoms with van der Waals surface area (Å²) in [6.45, 7) is 8.38. The van der Waals surface area contributed by atoms with E-state index in [1.807, 2.05) is 60.7 Å². The number of rotatable bonds is 32. The number of nitrogens with zero attached hydrogens (tertiary/aromatic N) is 9. The molecule has 18 aromatic rings. The maximum absolute atomic E-state index is 13.7. The van der Waals surface area contributed by atoms with Gasteiger partial charge in [-0.05, 0) is 216 Å². The summed E-state index contributed by atoms with van der Waals surface area (Å²) in [4.78, 5) is 112. The number of carbonyl (C=O) groups is 6. The molecule has 0 aliphatic rings. The minimum atomic E-state index is -0.460. The second-order valence-corrected chi connectivity index (χ2v) is 31.4. The van der Waals surface area contributed by atoms with Crippen molar-refractivity contribution in [3.05, 3.63) is 544 Å². The highest BCUT2D eigenvalue weighted by Gasteiger charge is 2.21. The van der Waals surface area contributed by atoms with Crippen LogP contribution in [0.25, 0.3) is 4.85 Å². The smallest absolute Gasteiger partial charge is 0.269 e. The van der Waals surface area contributed by atoms with E-state index >= 15 is 0 Å². The van der Waals surface area contributed by atoms with Crippen LogP contribution in [-0.2, 0) is 39.6 Å². The first-order valence-electron chi connectivity index (χ1n) is 45.8. The van der Waals surface area contributed by atoms with Crippen LogP contribution in [-0.4, -0.2) is 77.4 Å². The Morgan fingerprint density at radius 3 is 0.926 bits per heavy atom. The lowest BCUT2D eigenvalue weighted by atomic mass is 10.1. The minimum Gasteiger partial charge on any atom is -0.497 e. The molecule has 0 radical (unpaired) electrons. The van der Waals surface area contributed by atoms with E-state index in [4.69, 9.17) is 45.0 Å². The molecule has 6 heterocycles. The molecule has 0 spiro atoms. The number of para-hydroxylation sites is 7. The van der Waals surface area contributed by atoms with Crippen LogP contribution in [0, 0.1) is 39.7 Å². The van der Waals surface area contributed by atoms with Crippen molar-refractivity contribution in [3.8, 4) is 46.3 Å². The second kappa shape index (κ2) is 56.6. The fourth-order valence-corrected chi connectivity index (χ4v) is 13.6. The van der Waals surface area contributed by atoms with Crippen molar-refractivity contribution in [2.24, 2.45) is 0 Å². The molecule has 0 bridgehead atoms. The Morgan fingerprint density at radius 1 is 0.322 bits per heavy atom. The first-order chi connectivity index (χ1) is 72.9. The highest BCUT2D eigenvalue weighted by Crippen LogP contribution is 2.31. The number of hydrogen-bond acceptors (Lipinski definition) is 22. The Kier molecular flexibility index (Phi) is 40.1. The van der Waals surface area contributed by atoms with Crippen LogP contribution in [0.5, 0.6) is 40.2 Å². The molecule has 149 heavy (non-hydrogen) atoms. The summed E-state index contributed by atoms with van der Waals surface area (Å²) in [5, 5.41) is 36.5. The molecule has 30 nitrogen and oxygen atoms in total. The molecule has 0 atom stereocenters. The molecule has 6 amide bonds. The Labute approximate surface area is 855 Å². The number of anilines is 6. The number of pyridine rings is 6. The van der Waals surface area contributed by atoms with Gasteiger partial charge in [-0.2, -0.15) is 5.26 Å². The molecule has 0 aliphatic carbocycles. The molecule has 6 aromatic heterocycles. The van der Waals surface area contributed by atoms with E-state index in [9.17, 15) is 47.7 Å². The number of amides is 6. The van der Waals surface area contributed by atoms with Gasteiger partial charge >= 0.3 is 0 Å². The number of methoxy groups -OCH3 is 1. The molecule has 0 saturated heterocycles. The summed E-state index contributed by atoms with van der Waals surface area (Å²) < 4.78 is 66.5. The average molecular weight is 1990 g/mol. The minimum absolute atomic E-state index is 0.00583. The first-order valence-corrected chi connectivity index (χ1v) is 45.8. The SMILES string of the molecule is COc1ccc(COc2ccccc2C(=O)Nc2cccnc2)cc1.N#Cc1cccc(COc2ccccc2C(=O)Nc2cccnc2)c1.O=C(Nc1cccnc1)c1ccccc1OCc1cccc(F)c1.O=C(Nc1cccnc1)c1ccccc1OCc1cccc([N+](=O)[O-])c1.O=C(Nc1cccnc1)c1ccccc1OCc1ccccc1F.[C-]#[N+]c1ccccc1COc1ccccc1C(=O)Nc1cccnc1. The van der Waals surface area contributed by atoms with Crippen molar-refractivity contribution < 1.29 is 75.6 Å². The number of hydrogen-bond donors (Lipinski definition) is 6. The largest absolute Gasteiger partial charge is 0.497 e. The van der Waals surface area contributed by atoms with Crippen LogP contribution < -0.4 is 65.1 Å². The van der Waals surface area contributed by atoms with Gasteiger partial charge in [-0.25, -0.2) is 13.6 Å². The molecular weight excluding hydrogens is 1890 g/mol. The van der Waals surface area contributed by atoms with E-state index in [0.29, 0.717) is 137 Å². The fourth-order valence-electron chi connectivity index (χ4n) is 13.6. The van der Waals surface area contributed by atoms with Crippen molar-refractivity contribution in [2.45, 2.75) is 39.6 Å². The normalized spacial score (nSPS) is 10.1. The second-order valence-electron chi connectivity index (χ2n) is 31.4. The third-order valence-electron chi connectivity index (χ3n) is 20.9. The summed E-state index contributed by atoms with van der Waals surface area (Å²) in [5.41, 5.74) is 11.6. The van der Waals surface area contributed by atoms with Gasteiger partial charge in [0, 0.05) is 54.9 Å². The highest BCUT2D eigenvalue weighted by molar-refractivity contribution is 6.09. The molecule has 0 unspecified atom stereocenters. The van der Waals surface area contributed by atoms with Crippen LogP contribution >= 0.6 is 0 Å². The quantitative estimate of drug-likeness (QED) is 0.0130. The topological polar surface area (TPSA) is 388 Å². The van der Waals surface area contributed by atoms with E-state index < -0.39 is 4.92 Å². The van der Waals surface area contributed by atoms with Crippen molar-refractivity contribution in [3.63, 3.8) is 0 Å². The Morgan fingerprint density at radius 2 is 0.611 bits per heavy atom. The summed E-state index contributed by atoms with van der Waals surface area (Å²) >= 11 is 0. The van der Waals surface area contributed by atoms with Crippen molar-refractivity contribution >= 4 is 80.9 Å². The zero-order valence-electron chi connectivity index (χ0n) is 79.7. The molecule has 6 N–H and O–H groups in total. The Bertz CT molecular complexity index is 7580. The van der Waals surface area contributed by atoms with Crippen molar-refractivity contribution in [1.29, 1.82) is 5.26 Å². The lowest BCUT2D eigenvalue weighted by Crippen LogP contribution is -2.13. The van der Waals surface area contributed by atoms with Crippen molar-refractivity contribution in [2.75, 3.05) is 39.0 Å². The number of non-ortho nitro benzene ring substituents is 1. The van der Waals surface area contributed by atoms with Crippen molar-refractivity contribution in [1.82, 2.24) is 29.9 Å². The molecular formula is C117H93F2N15O15. The number of nitrogens with one attached hydrogen (secondary N) is 6. The van der Waals surface area contributed by atoms with Crippen LogP contribution in [0.2, 0.25) is 0 Å². The number of nitro groups is 1. The lowest BCUT2D eigenvalue weighted by molar-refractivity contribution is -0.384. The first kappa shape index (κ1) is 106. The number of benzene rings is 12. The van der Waals surface area contributed by atoms with Crippen LogP contribution in [0.4, 0.5) is 54.3 Å². The lowest BCUT2D eigenvalue weighted by Gasteiger charge is -2.12. The zero-order chi connectivity index (χ0) is 104. The molecule has 18 rings (SSSR count). The van der Waals surface area contributed by atoms with E-state index in [0.717, 1.165) is 22.4 Å². The monoisotopic (exact) mass is 1990 g/mol. The van der Waals surface area contributed by atoms with Gasteiger partial charge in [0.05, 0.1) is 135 Å². The molecule has 32 heteroatoms. The number of nitriles is 1. The van der Waals surface area contributed by atoms with Gasteiger partial charge in [0.25, 0.3) is 41.1 Å². The van der Waals surface area contributed by atoms with Gasteiger partial charge in [0.2, 0.25) is 0 Å². The molecule has 0 aliphatic heterocycles. The number of aromatic nitrogens is 6. The fraction of sp³-hybridized carbons (Fsp3) is 0.0598. The van der Waals surface area contributed by atoms with Gasteiger partial charge in [-0.3, -0.25) is 68.8 Å². The van der Waals surface area contributed by atoms with Gasteiger partial charge in [-0.15, -0.1) is 0 Å². The van der Waals surface area contributed by atoms with Gasteiger partial charge in [-0.1, -0.05) is 164 Å². The van der Waals surface area contributed by atoms with E-state index in [-0.39, 0.29) is 85.8 Å². The number of nitro benzene ring substituents is 1. The molecule has 740 valence electrons. The third kappa shape index (κ3) is 33.7. The average Bonchev–Trinajstić information content (AvgIpc) is 0.861. The van der Waals surface area contributed by atoms with Crippen LogP contribution in [0.3, 0.4) is 0 Å². The molecule has 0 saturated carbocycles. The predicted octanol–water partition coefficient (Wildman–Crippen LogP) is 24.1.